The summed E-state index contributed by atoms with van der Waals surface area (Å²) in [6, 6.07) is 84.2. The SMILES string of the molecule is c1ccc(C2=C(c3ccccc3)N(c3ccccc3)[Si](c3cccc(-c4ccccc4)c3)(c3cccc(-c4ccccc4)c3)N2c2ccccc2)cc1. The highest BCUT2D eigenvalue weighted by molar-refractivity contribution is 7.10. The minimum absolute atomic E-state index is 1.15. The van der Waals surface area contributed by atoms with Gasteiger partial charge in [0.1, 0.15) is 0 Å². The van der Waals surface area contributed by atoms with Crippen LogP contribution in [0.15, 0.2) is 231 Å². The molecule has 0 aromatic heterocycles. The van der Waals surface area contributed by atoms with Gasteiger partial charge in [0.05, 0.1) is 11.4 Å². The van der Waals surface area contributed by atoms with Crippen molar-refractivity contribution in [3.8, 4) is 22.3 Å². The summed E-state index contributed by atoms with van der Waals surface area (Å²) >= 11 is 0. The molecule has 53 heavy (non-hydrogen) atoms. The molecule has 8 aromatic carbocycles. The molecular formula is C50H38N2Si. The van der Waals surface area contributed by atoms with Crippen LogP contribution < -0.4 is 19.5 Å². The first-order chi connectivity index (χ1) is 26.3. The number of hydrogen-bond donors (Lipinski definition) is 0. The monoisotopic (exact) mass is 694 g/mol. The van der Waals surface area contributed by atoms with Crippen LogP contribution in [0.4, 0.5) is 11.4 Å². The molecule has 0 fully saturated rings. The predicted octanol–water partition coefficient (Wildman–Crippen LogP) is 11.1. The summed E-state index contributed by atoms with van der Waals surface area (Å²) in [5, 5.41) is 2.58. The maximum absolute atomic E-state index is 3.35. The van der Waals surface area contributed by atoms with Crippen LogP contribution in [0, 0.1) is 0 Å². The van der Waals surface area contributed by atoms with Crippen molar-refractivity contribution in [2.45, 2.75) is 0 Å². The summed E-state index contributed by atoms with van der Waals surface area (Å²) in [5.41, 5.74) is 11.8. The Hall–Kier alpha value is -6.68. The van der Waals surface area contributed by atoms with Crippen LogP contribution in [0.5, 0.6) is 0 Å². The Bertz CT molecular complexity index is 2310. The van der Waals surface area contributed by atoms with E-state index in [1.807, 2.05) is 0 Å². The van der Waals surface area contributed by atoms with Crippen LogP contribution in [-0.4, -0.2) is 8.40 Å². The van der Waals surface area contributed by atoms with Gasteiger partial charge in [0.25, 0.3) is 0 Å². The number of rotatable bonds is 8. The normalized spacial score (nSPS) is 13.7. The third-order valence-electron chi connectivity index (χ3n) is 10.2. The van der Waals surface area contributed by atoms with E-state index in [0.29, 0.717) is 0 Å². The number of para-hydroxylation sites is 2. The smallest absolute Gasteiger partial charge is 0.340 e. The molecule has 1 heterocycles. The molecule has 0 saturated carbocycles. The Labute approximate surface area is 313 Å². The lowest BCUT2D eigenvalue weighted by Crippen LogP contribution is -2.76. The van der Waals surface area contributed by atoms with Gasteiger partial charge in [-0.2, -0.15) is 0 Å². The number of benzene rings is 8. The molecule has 8 aromatic rings. The molecular weight excluding hydrogens is 657 g/mol. The highest BCUT2D eigenvalue weighted by Crippen LogP contribution is 2.49. The number of anilines is 2. The van der Waals surface area contributed by atoms with E-state index in [1.54, 1.807) is 0 Å². The van der Waals surface area contributed by atoms with Crippen molar-refractivity contribution in [2.75, 3.05) is 9.13 Å². The maximum atomic E-state index is 2.73. The highest BCUT2D eigenvalue weighted by atomic mass is 28.3. The summed E-state index contributed by atoms with van der Waals surface area (Å²) in [6.45, 7) is 0. The fourth-order valence-electron chi connectivity index (χ4n) is 7.92. The minimum atomic E-state index is -3.35. The third kappa shape index (κ3) is 5.78. The van der Waals surface area contributed by atoms with Crippen molar-refractivity contribution in [3.63, 3.8) is 0 Å². The molecule has 252 valence electrons. The molecule has 9 rings (SSSR count). The largest absolute Gasteiger partial charge is 0.341 e. The average molecular weight is 695 g/mol. The predicted molar refractivity (Wildman–Crippen MR) is 226 cm³/mol. The molecule has 0 N–H and O–H groups in total. The van der Waals surface area contributed by atoms with E-state index in [9.17, 15) is 0 Å². The molecule has 1 aliphatic heterocycles. The van der Waals surface area contributed by atoms with Crippen molar-refractivity contribution < 1.29 is 0 Å². The fraction of sp³-hybridized carbons (Fsp3) is 0. The molecule has 2 nitrogen and oxygen atoms in total. The molecule has 0 bridgehead atoms. The molecule has 0 radical (unpaired) electrons. The Balaban J connectivity index is 1.48. The Morgan fingerprint density at radius 2 is 0.528 bits per heavy atom. The molecule has 0 atom stereocenters. The van der Waals surface area contributed by atoms with Crippen molar-refractivity contribution in [1.82, 2.24) is 0 Å². The van der Waals surface area contributed by atoms with Crippen LogP contribution >= 0.6 is 0 Å². The highest BCUT2D eigenvalue weighted by Gasteiger charge is 2.59. The Morgan fingerprint density at radius 1 is 0.245 bits per heavy atom. The summed E-state index contributed by atoms with van der Waals surface area (Å²) < 4.78 is 5.46. The maximum Gasteiger partial charge on any atom is 0.340 e. The van der Waals surface area contributed by atoms with Crippen LogP contribution in [0.25, 0.3) is 33.6 Å². The molecule has 0 unspecified atom stereocenters. The van der Waals surface area contributed by atoms with E-state index in [2.05, 4.69) is 240 Å². The van der Waals surface area contributed by atoms with E-state index in [0.717, 1.165) is 11.4 Å². The zero-order valence-electron chi connectivity index (χ0n) is 29.3. The first-order valence-electron chi connectivity index (χ1n) is 18.2. The lowest BCUT2D eigenvalue weighted by molar-refractivity contribution is 1.34. The van der Waals surface area contributed by atoms with E-state index in [1.165, 1.54) is 55.1 Å². The summed E-state index contributed by atoms with van der Waals surface area (Å²) in [6.07, 6.45) is 0. The second-order valence-corrected chi connectivity index (χ2v) is 16.7. The van der Waals surface area contributed by atoms with Gasteiger partial charge in [-0.15, -0.1) is 0 Å². The van der Waals surface area contributed by atoms with Gasteiger partial charge >= 0.3 is 8.40 Å². The number of hydrogen-bond acceptors (Lipinski definition) is 2. The van der Waals surface area contributed by atoms with Crippen molar-refractivity contribution in [1.29, 1.82) is 0 Å². The van der Waals surface area contributed by atoms with Crippen molar-refractivity contribution in [2.24, 2.45) is 0 Å². The molecule has 0 amide bonds. The zero-order valence-corrected chi connectivity index (χ0v) is 30.3. The summed E-state index contributed by atoms with van der Waals surface area (Å²) in [5.74, 6) is 0. The van der Waals surface area contributed by atoms with Crippen LogP contribution in [0.1, 0.15) is 11.1 Å². The molecule has 3 heteroatoms. The molecule has 0 saturated heterocycles. The second-order valence-electron chi connectivity index (χ2n) is 13.3. The average Bonchev–Trinajstić information content (AvgIpc) is 3.59. The van der Waals surface area contributed by atoms with Gasteiger partial charge in [-0.3, -0.25) is 0 Å². The summed E-state index contributed by atoms with van der Waals surface area (Å²) in [7, 11) is -3.35. The fourth-order valence-corrected chi connectivity index (χ4v) is 13.0. The molecule has 0 spiro atoms. The van der Waals surface area contributed by atoms with Crippen LogP contribution in [0.2, 0.25) is 0 Å². The first kappa shape index (κ1) is 32.2. The van der Waals surface area contributed by atoms with Gasteiger partial charge in [0.15, 0.2) is 0 Å². The van der Waals surface area contributed by atoms with E-state index >= 15 is 0 Å². The van der Waals surface area contributed by atoms with Crippen LogP contribution in [0.3, 0.4) is 0 Å². The molecule has 0 aliphatic carbocycles. The lowest BCUT2D eigenvalue weighted by atomic mass is 10.0. The minimum Gasteiger partial charge on any atom is -0.341 e. The second kappa shape index (κ2) is 14.1. The van der Waals surface area contributed by atoms with Gasteiger partial charge in [-0.05, 0) is 68.0 Å². The lowest BCUT2D eigenvalue weighted by Gasteiger charge is -2.46. The third-order valence-corrected chi connectivity index (χ3v) is 14.7. The van der Waals surface area contributed by atoms with Gasteiger partial charge in [-0.25, -0.2) is 0 Å². The standard InChI is InChI=1S/C50H38N2Si/c1-7-21-39(22-8-1)43-29-19-35-47(37-43)53(48-36-20-30-44(38-48)40-23-9-2-10-24-40)51(45-31-15-5-16-32-45)49(41-25-11-3-12-26-41)50(42-27-13-4-14-28-42)52(53)46-33-17-6-18-34-46/h1-38H. The Morgan fingerprint density at radius 3 is 0.868 bits per heavy atom. The van der Waals surface area contributed by atoms with E-state index < -0.39 is 8.40 Å². The van der Waals surface area contributed by atoms with Gasteiger partial charge in [0.2, 0.25) is 0 Å². The van der Waals surface area contributed by atoms with E-state index in [4.69, 9.17) is 0 Å². The molecule has 1 aliphatic rings. The van der Waals surface area contributed by atoms with Gasteiger partial charge in [-0.1, -0.05) is 206 Å². The number of nitrogens with zero attached hydrogens (tertiary/aromatic N) is 2. The van der Waals surface area contributed by atoms with E-state index in [-0.39, 0.29) is 0 Å². The quantitative estimate of drug-likeness (QED) is 0.146. The van der Waals surface area contributed by atoms with Crippen molar-refractivity contribution in [3.05, 3.63) is 242 Å². The Kier molecular flexibility index (Phi) is 8.61. The van der Waals surface area contributed by atoms with Gasteiger partial charge < -0.3 is 9.13 Å². The van der Waals surface area contributed by atoms with Crippen LogP contribution in [-0.2, 0) is 0 Å². The zero-order chi connectivity index (χ0) is 35.5. The topological polar surface area (TPSA) is 6.48 Å². The van der Waals surface area contributed by atoms with Crippen molar-refractivity contribution >= 4 is 41.5 Å². The summed E-state index contributed by atoms with van der Waals surface area (Å²) in [4.78, 5) is 0. The van der Waals surface area contributed by atoms with Gasteiger partial charge in [0, 0.05) is 11.4 Å². The first-order valence-corrected chi connectivity index (χ1v) is 20.1.